The average Bonchev–Trinajstić information content (AvgIpc) is 3.06. The highest BCUT2D eigenvalue weighted by Gasteiger charge is 2.17. The van der Waals surface area contributed by atoms with Crippen molar-refractivity contribution in [2.75, 3.05) is 5.32 Å². The standard InChI is InChI=1S/C13H8BrN5S/c14-9-4-10-11(8-6-15-5-7(8)9)18-13(20-10)19-12-16-2-1-3-17-12/h1-4,6H,5H2,(H,16,17,18,19). The zero-order chi connectivity index (χ0) is 13.5. The van der Waals surface area contributed by atoms with Crippen molar-refractivity contribution in [3.8, 4) is 0 Å². The van der Waals surface area contributed by atoms with Crippen molar-refractivity contribution in [3.63, 3.8) is 0 Å². The van der Waals surface area contributed by atoms with E-state index in [1.165, 1.54) is 5.56 Å². The van der Waals surface area contributed by atoms with Crippen LogP contribution in [0.1, 0.15) is 11.1 Å². The van der Waals surface area contributed by atoms with E-state index in [-0.39, 0.29) is 0 Å². The summed E-state index contributed by atoms with van der Waals surface area (Å²) in [5, 5.41) is 3.91. The number of hydrogen-bond acceptors (Lipinski definition) is 6. The van der Waals surface area contributed by atoms with Crippen LogP contribution in [0.15, 0.2) is 34.0 Å². The van der Waals surface area contributed by atoms with E-state index >= 15 is 0 Å². The molecular formula is C13H8BrN5S. The number of aromatic nitrogens is 3. The van der Waals surface area contributed by atoms with Gasteiger partial charge in [0.15, 0.2) is 5.13 Å². The molecule has 0 fully saturated rings. The summed E-state index contributed by atoms with van der Waals surface area (Å²) in [6.45, 7) is 0.716. The fourth-order valence-corrected chi connectivity index (χ4v) is 3.77. The van der Waals surface area contributed by atoms with E-state index in [0.29, 0.717) is 12.5 Å². The minimum absolute atomic E-state index is 0.552. The molecule has 1 aliphatic rings. The van der Waals surface area contributed by atoms with Gasteiger partial charge in [-0.2, -0.15) is 0 Å². The minimum Gasteiger partial charge on any atom is -0.300 e. The predicted molar refractivity (Wildman–Crippen MR) is 83.9 cm³/mol. The smallest absolute Gasteiger partial charge is 0.228 e. The van der Waals surface area contributed by atoms with Gasteiger partial charge < -0.3 is 5.32 Å². The van der Waals surface area contributed by atoms with Crippen LogP contribution in [0.4, 0.5) is 11.1 Å². The number of anilines is 2. The maximum absolute atomic E-state index is 4.64. The fraction of sp³-hybridized carbons (Fsp3) is 0.0769. The quantitative estimate of drug-likeness (QED) is 0.771. The molecule has 0 spiro atoms. The lowest BCUT2D eigenvalue weighted by Crippen LogP contribution is -1.94. The number of aliphatic imine (C=N–C) groups is 1. The Morgan fingerprint density at radius 1 is 1.25 bits per heavy atom. The van der Waals surface area contributed by atoms with E-state index in [9.17, 15) is 0 Å². The summed E-state index contributed by atoms with van der Waals surface area (Å²) in [5.74, 6) is 0.552. The lowest BCUT2D eigenvalue weighted by atomic mass is 10.1. The topological polar surface area (TPSA) is 63.1 Å². The molecule has 5 nitrogen and oxygen atoms in total. The van der Waals surface area contributed by atoms with Crippen LogP contribution in [0.2, 0.25) is 0 Å². The molecule has 3 heterocycles. The van der Waals surface area contributed by atoms with Crippen LogP contribution >= 0.6 is 27.3 Å². The minimum atomic E-state index is 0.552. The molecule has 0 saturated heterocycles. The summed E-state index contributed by atoms with van der Waals surface area (Å²) in [6.07, 6.45) is 5.29. The lowest BCUT2D eigenvalue weighted by Gasteiger charge is -2.00. The lowest BCUT2D eigenvalue weighted by molar-refractivity contribution is 1.10. The summed E-state index contributed by atoms with van der Waals surface area (Å²) in [5.41, 5.74) is 3.28. The molecule has 20 heavy (non-hydrogen) atoms. The van der Waals surface area contributed by atoms with Crippen molar-refractivity contribution >= 4 is 54.8 Å². The highest BCUT2D eigenvalue weighted by molar-refractivity contribution is 9.10. The van der Waals surface area contributed by atoms with Crippen molar-refractivity contribution in [2.24, 2.45) is 4.99 Å². The molecule has 0 saturated carbocycles. The van der Waals surface area contributed by atoms with Crippen molar-refractivity contribution in [1.82, 2.24) is 15.0 Å². The summed E-state index contributed by atoms with van der Waals surface area (Å²) in [7, 11) is 0. The van der Waals surface area contributed by atoms with Crippen molar-refractivity contribution in [1.29, 1.82) is 0 Å². The van der Waals surface area contributed by atoms with Crippen LogP contribution in [-0.2, 0) is 6.54 Å². The van der Waals surface area contributed by atoms with Gasteiger partial charge >= 0.3 is 0 Å². The molecule has 0 atom stereocenters. The van der Waals surface area contributed by atoms with Gasteiger partial charge in [-0.15, -0.1) is 0 Å². The van der Waals surface area contributed by atoms with Gasteiger partial charge in [-0.25, -0.2) is 15.0 Å². The molecule has 4 rings (SSSR count). The molecule has 1 N–H and O–H groups in total. The molecule has 1 aliphatic heterocycles. The van der Waals surface area contributed by atoms with Crippen molar-refractivity contribution in [3.05, 3.63) is 40.1 Å². The molecular weight excluding hydrogens is 338 g/mol. The van der Waals surface area contributed by atoms with Crippen molar-refractivity contribution in [2.45, 2.75) is 6.54 Å². The molecule has 98 valence electrons. The molecule has 2 aromatic heterocycles. The largest absolute Gasteiger partial charge is 0.300 e. The second kappa shape index (κ2) is 4.60. The monoisotopic (exact) mass is 345 g/mol. The fourth-order valence-electron chi connectivity index (χ4n) is 2.14. The van der Waals surface area contributed by atoms with Gasteiger partial charge in [0.1, 0.15) is 0 Å². The van der Waals surface area contributed by atoms with Crippen LogP contribution in [0, 0.1) is 0 Å². The van der Waals surface area contributed by atoms with E-state index in [1.807, 2.05) is 6.21 Å². The molecule has 3 aromatic rings. The maximum atomic E-state index is 4.64. The molecule has 1 aromatic carbocycles. The number of benzene rings is 1. The second-order valence-electron chi connectivity index (χ2n) is 4.28. The van der Waals surface area contributed by atoms with E-state index in [1.54, 1.807) is 29.8 Å². The zero-order valence-electron chi connectivity index (χ0n) is 10.2. The summed E-state index contributed by atoms with van der Waals surface area (Å²) in [4.78, 5) is 17.2. The maximum Gasteiger partial charge on any atom is 0.228 e. The number of rotatable bonds is 2. The van der Waals surface area contributed by atoms with Gasteiger partial charge in [-0.05, 0) is 17.7 Å². The third kappa shape index (κ3) is 1.90. The SMILES string of the molecule is Brc1cc2sc(Nc3ncccn3)nc2c2c1CN=C2. The Kier molecular flexibility index (Phi) is 2.75. The Bertz CT molecular complexity index is 828. The molecule has 0 amide bonds. The Hall–Kier alpha value is -1.86. The highest BCUT2D eigenvalue weighted by atomic mass is 79.9. The normalized spacial score (nSPS) is 12.8. The van der Waals surface area contributed by atoms with Gasteiger partial charge in [0.2, 0.25) is 5.95 Å². The Labute approximate surface area is 127 Å². The predicted octanol–water partition coefficient (Wildman–Crippen LogP) is 3.52. The van der Waals surface area contributed by atoms with Gasteiger partial charge in [-0.1, -0.05) is 27.3 Å². The number of nitrogens with zero attached hydrogens (tertiary/aromatic N) is 4. The first kappa shape index (κ1) is 11.9. The number of fused-ring (bicyclic) bond motifs is 3. The van der Waals surface area contributed by atoms with Crippen molar-refractivity contribution < 1.29 is 0 Å². The summed E-state index contributed by atoms with van der Waals surface area (Å²) < 4.78 is 2.20. The Balaban J connectivity index is 1.82. The molecule has 0 radical (unpaired) electrons. The van der Waals surface area contributed by atoms with E-state index < -0.39 is 0 Å². The molecule has 0 aliphatic carbocycles. The van der Waals surface area contributed by atoms with Crippen LogP contribution in [0.5, 0.6) is 0 Å². The van der Waals surface area contributed by atoms with Gasteiger partial charge in [0, 0.05) is 28.6 Å². The molecule has 0 unspecified atom stereocenters. The first-order valence-corrected chi connectivity index (χ1v) is 7.58. The Morgan fingerprint density at radius 2 is 2.10 bits per heavy atom. The van der Waals surface area contributed by atoms with Crippen LogP contribution in [0.25, 0.3) is 10.2 Å². The van der Waals surface area contributed by atoms with Gasteiger partial charge in [-0.3, -0.25) is 4.99 Å². The van der Waals surface area contributed by atoms with Gasteiger partial charge in [0.25, 0.3) is 0 Å². The van der Waals surface area contributed by atoms with Gasteiger partial charge in [0.05, 0.1) is 16.8 Å². The third-order valence-corrected chi connectivity index (χ3v) is 4.66. The summed E-state index contributed by atoms with van der Waals surface area (Å²) >= 11 is 5.18. The summed E-state index contributed by atoms with van der Waals surface area (Å²) in [6, 6.07) is 3.88. The van der Waals surface area contributed by atoms with Crippen LogP contribution in [0.3, 0.4) is 0 Å². The molecule has 7 heteroatoms. The first-order chi connectivity index (χ1) is 9.81. The highest BCUT2D eigenvalue weighted by Crippen LogP contribution is 2.36. The second-order valence-corrected chi connectivity index (χ2v) is 6.17. The zero-order valence-corrected chi connectivity index (χ0v) is 12.6. The van der Waals surface area contributed by atoms with Crippen LogP contribution in [-0.4, -0.2) is 21.2 Å². The molecule has 0 bridgehead atoms. The number of nitrogens with one attached hydrogen (secondary N) is 1. The first-order valence-electron chi connectivity index (χ1n) is 5.97. The number of hydrogen-bond donors (Lipinski definition) is 1. The number of thiazole rings is 1. The van der Waals surface area contributed by atoms with Crippen LogP contribution < -0.4 is 5.32 Å². The van der Waals surface area contributed by atoms with E-state index in [4.69, 9.17) is 0 Å². The third-order valence-electron chi connectivity index (χ3n) is 3.03. The Morgan fingerprint density at radius 3 is 2.95 bits per heavy atom. The van der Waals surface area contributed by atoms with E-state index in [2.05, 4.69) is 47.3 Å². The average molecular weight is 346 g/mol. The van der Waals surface area contributed by atoms with E-state index in [0.717, 1.165) is 25.4 Å². The number of halogens is 1.